The molecule has 0 unspecified atom stereocenters. The quantitative estimate of drug-likeness (QED) is 0.255. The van der Waals surface area contributed by atoms with Gasteiger partial charge in [0.2, 0.25) is 5.89 Å². The normalized spacial score (nSPS) is 11.3. The molecular formula is C25H24N6O2S. The number of nitrogens with zero attached hydrogens (tertiary/aromatic N) is 6. The van der Waals surface area contributed by atoms with Crippen LogP contribution < -0.4 is 0 Å². The second-order valence-electron chi connectivity index (χ2n) is 7.95. The van der Waals surface area contributed by atoms with Gasteiger partial charge in [-0.15, -0.1) is 20.4 Å². The van der Waals surface area contributed by atoms with E-state index < -0.39 is 0 Å². The largest absolute Gasteiger partial charge is 0.420 e. The Morgan fingerprint density at radius 2 is 1.74 bits per heavy atom. The molecule has 172 valence electrons. The van der Waals surface area contributed by atoms with Crippen molar-refractivity contribution in [2.24, 2.45) is 0 Å². The van der Waals surface area contributed by atoms with Crippen LogP contribution in [-0.4, -0.2) is 30.1 Å². The minimum atomic E-state index is 0.392. The number of hydrogen-bond donors (Lipinski definition) is 0. The third-order valence-corrected chi connectivity index (χ3v) is 6.31. The molecule has 3 aromatic heterocycles. The van der Waals surface area contributed by atoms with Crippen LogP contribution in [-0.2, 0) is 12.3 Å². The Kier molecular flexibility index (Phi) is 6.27. The number of hydrogen-bond acceptors (Lipinski definition) is 8. The summed E-state index contributed by atoms with van der Waals surface area (Å²) in [6.45, 7) is 6.89. The fourth-order valence-electron chi connectivity index (χ4n) is 3.77. The fourth-order valence-corrected chi connectivity index (χ4v) is 4.58. The predicted molar refractivity (Wildman–Crippen MR) is 130 cm³/mol. The SMILES string of the molecule is CCCn1c(SCc2nnc(-c3c(-c4ccccc4)noc3C)o2)nnc1-c1cccc(C)c1. The Morgan fingerprint density at radius 1 is 0.912 bits per heavy atom. The van der Waals surface area contributed by atoms with Crippen molar-refractivity contribution in [2.45, 2.75) is 44.6 Å². The molecule has 5 aromatic rings. The van der Waals surface area contributed by atoms with Gasteiger partial charge in [0, 0.05) is 17.7 Å². The van der Waals surface area contributed by atoms with Gasteiger partial charge in [-0.2, -0.15) is 0 Å². The zero-order chi connectivity index (χ0) is 23.5. The first kappa shape index (κ1) is 22.1. The lowest BCUT2D eigenvalue weighted by molar-refractivity contribution is 0.399. The minimum Gasteiger partial charge on any atom is -0.420 e. The van der Waals surface area contributed by atoms with E-state index in [-0.39, 0.29) is 0 Å². The Balaban J connectivity index is 1.38. The Bertz CT molecular complexity index is 1410. The standard InChI is InChI=1S/C25H24N6O2S/c1-4-13-31-23(19-12-8-9-16(2)14-19)27-29-25(31)34-15-20-26-28-24(32-20)21-17(3)33-30-22(21)18-10-6-5-7-11-18/h5-12,14H,4,13,15H2,1-3H3. The van der Waals surface area contributed by atoms with E-state index in [1.165, 1.54) is 17.3 Å². The molecule has 0 saturated carbocycles. The summed E-state index contributed by atoms with van der Waals surface area (Å²) < 4.78 is 13.6. The van der Waals surface area contributed by atoms with E-state index in [0.29, 0.717) is 34.6 Å². The number of rotatable bonds is 8. The Morgan fingerprint density at radius 3 is 2.53 bits per heavy atom. The van der Waals surface area contributed by atoms with Crippen molar-refractivity contribution in [1.82, 2.24) is 30.1 Å². The maximum absolute atomic E-state index is 6.00. The summed E-state index contributed by atoms with van der Waals surface area (Å²) in [5.41, 5.74) is 4.58. The van der Waals surface area contributed by atoms with Gasteiger partial charge in [-0.3, -0.25) is 0 Å². The third-order valence-electron chi connectivity index (χ3n) is 5.36. The van der Waals surface area contributed by atoms with Gasteiger partial charge >= 0.3 is 0 Å². The van der Waals surface area contributed by atoms with Crippen LogP contribution in [0.1, 0.15) is 30.6 Å². The molecule has 0 spiro atoms. The Hall–Kier alpha value is -3.72. The monoisotopic (exact) mass is 472 g/mol. The molecule has 0 atom stereocenters. The van der Waals surface area contributed by atoms with Gasteiger partial charge < -0.3 is 13.5 Å². The highest BCUT2D eigenvalue weighted by molar-refractivity contribution is 7.98. The van der Waals surface area contributed by atoms with Crippen LogP contribution in [0.5, 0.6) is 0 Å². The van der Waals surface area contributed by atoms with Crippen molar-refractivity contribution in [3.63, 3.8) is 0 Å². The highest BCUT2D eigenvalue weighted by Crippen LogP contribution is 2.34. The molecule has 0 saturated heterocycles. The van der Waals surface area contributed by atoms with Gasteiger partial charge in [0.1, 0.15) is 17.0 Å². The average molecular weight is 473 g/mol. The van der Waals surface area contributed by atoms with E-state index in [1.807, 2.05) is 43.3 Å². The lowest BCUT2D eigenvalue weighted by atomic mass is 10.1. The van der Waals surface area contributed by atoms with E-state index in [1.54, 1.807) is 0 Å². The molecule has 34 heavy (non-hydrogen) atoms. The predicted octanol–water partition coefficient (Wildman–Crippen LogP) is 5.97. The summed E-state index contributed by atoms with van der Waals surface area (Å²) in [5, 5.41) is 22.5. The van der Waals surface area contributed by atoms with Crippen LogP contribution >= 0.6 is 11.8 Å². The molecule has 5 rings (SSSR count). The van der Waals surface area contributed by atoms with Crippen molar-refractivity contribution < 1.29 is 8.94 Å². The molecule has 0 N–H and O–H groups in total. The van der Waals surface area contributed by atoms with Crippen molar-refractivity contribution in [1.29, 1.82) is 0 Å². The van der Waals surface area contributed by atoms with Gasteiger partial charge in [0.05, 0.1) is 5.75 Å². The van der Waals surface area contributed by atoms with Crippen molar-refractivity contribution >= 4 is 11.8 Å². The van der Waals surface area contributed by atoms with E-state index >= 15 is 0 Å². The molecule has 8 nitrogen and oxygen atoms in total. The number of benzene rings is 2. The lowest BCUT2D eigenvalue weighted by Gasteiger charge is -2.08. The molecular weight excluding hydrogens is 448 g/mol. The smallest absolute Gasteiger partial charge is 0.253 e. The minimum absolute atomic E-state index is 0.392. The van der Waals surface area contributed by atoms with Crippen LogP contribution in [0.15, 0.2) is 68.7 Å². The topological polar surface area (TPSA) is 95.7 Å². The van der Waals surface area contributed by atoms with Gasteiger partial charge in [-0.1, -0.05) is 77.9 Å². The Labute approximate surface area is 201 Å². The third kappa shape index (κ3) is 4.38. The van der Waals surface area contributed by atoms with Gasteiger partial charge in [0.25, 0.3) is 5.89 Å². The molecule has 0 aliphatic heterocycles. The summed E-state index contributed by atoms with van der Waals surface area (Å²) in [6, 6.07) is 18.1. The molecule has 0 amide bonds. The van der Waals surface area contributed by atoms with Gasteiger partial charge in [-0.25, -0.2) is 0 Å². The summed E-state index contributed by atoms with van der Waals surface area (Å²) in [5.74, 6) is 2.87. The number of thioether (sulfide) groups is 1. The van der Waals surface area contributed by atoms with Crippen LogP contribution in [0.25, 0.3) is 34.1 Å². The molecule has 0 aliphatic carbocycles. The maximum atomic E-state index is 6.00. The molecule has 9 heteroatoms. The average Bonchev–Trinajstić information content (AvgIpc) is 3.57. The first-order valence-electron chi connectivity index (χ1n) is 11.1. The molecule has 2 aromatic carbocycles. The zero-order valence-corrected chi connectivity index (χ0v) is 20.0. The maximum Gasteiger partial charge on any atom is 0.253 e. The summed E-state index contributed by atoms with van der Waals surface area (Å²) >= 11 is 1.53. The fraction of sp³-hybridized carbons (Fsp3) is 0.240. The highest BCUT2D eigenvalue weighted by Gasteiger charge is 2.22. The van der Waals surface area contributed by atoms with E-state index in [0.717, 1.165) is 35.1 Å². The second-order valence-corrected chi connectivity index (χ2v) is 8.89. The first-order valence-corrected chi connectivity index (χ1v) is 12.1. The molecule has 0 fully saturated rings. The van der Waals surface area contributed by atoms with Crippen LogP contribution in [0.2, 0.25) is 0 Å². The van der Waals surface area contributed by atoms with E-state index in [4.69, 9.17) is 8.94 Å². The second kappa shape index (κ2) is 9.64. The summed E-state index contributed by atoms with van der Waals surface area (Å²) in [6.07, 6.45) is 0.976. The van der Waals surface area contributed by atoms with Crippen LogP contribution in [0.3, 0.4) is 0 Å². The highest BCUT2D eigenvalue weighted by atomic mass is 32.2. The van der Waals surface area contributed by atoms with Gasteiger partial charge in [0.15, 0.2) is 11.0 Å². The summed E-state index contributed by atoms with van der Waals surface area (Å²) in [7, 11) is 0. The lowest BCUT2D eigenvalue weighted by Crippen LogP contribution is -2.02. The van der Waals surface area contributed by atoms with Gasteiger partial charge in [-0.05, 0) is 26.3 Å². The number of aromatic nitrogens is 6. The van der Waals surface area contributed by atoms with Crippen LogP contribution in [0.4, 0.5) is 0 Å². The number of aryl methyl sites for hydroxylation is 2. The zero-order valence-electron chi connectivity index (χ0n) is 19.2. The van der Waals surface area contributed by atoms with Crippen molar-refractivity contribution in [3.8, 4) is 34.1 Å². The molecule has 0 radical (unpaired) electrons. The van der Waals surface area contributed by atoms with Crippen LogP contribution in [0, 0.1) is 13.8 Å². The van der Waals surface area contributed by atoms with E-state index in [9.17, 15) is 0 Å². The first-order chi connectivity index (χ1) is 16.6. The molecule has 3 heterocycles. The molecule has 0 bridgehead atoms. The molecule has 0 aliphatic rings. The van der Waals surface area contributed by atoms with Crippen molar-refractivity contribution in [3.05, 3.63) is 71.8 Å². The van der Waals surface area contributed by atoms with Crippen molar-refractivity contribution in [2.75, 3.05) is 0 Å². The van der Waals surface area contributed by atoms with E-state index in [2.05, 4.69) is 62.2 Å². The summed E-state index contributed by atoms with van der Waals surface area (Å²) in [4.78, 5) is 0.